The molecular formula is C31H48O7. The zero-order valence-electron chi connectivity index (χ0n) is 23.8. The summed E-state index contributed by atoms with van der Waals surface area (Å²) in [5.74, 6) is 2.19. The topological polar surface area (TPSA) is 105 Å². The van der Waals surface area contributed by atoms with E-state index in [-0.39, 0.29) is 45.9 Å². The minimum Gasteiger partial charge on any atom is -0.388 e. The van der Waals surface area contributed by atoms with E-state index in [1.807, 2.05) is 0 Å². The van der Waals surface area contributed by atoms with E-state index in [9.17, 15) is 20.1 Å². The molecule has 7 aliphatic rings. The van der Waals surface area contributed by atoms with Crippen molar-refractivity contribution in [3.8, 4) is 0 Å². The molecule has 5 saturated carbocycles. The maximum Gasteiger partial charge on any atom is 0.186 e. The first-order valence-corrected chi connectivity index (χ1v) is 15.3. The summed E-state index contributed by atoms with van der Waals surface area (Å²) >= 11 is 0. The molecule has 0 amide bonds. The van der Waals surface area contributed by atoms with Crippen molar-refractivity contribution in [2.24, 2.45) is 50.7 Å². The van der Waals surface area contributed by atoms with Crippen molar-refractivity contribution in [2.75, 3.05) is 13.2 Å². The fourth-order valence-electron chi connectivity index (χ4n) is 12.1. The van der Waals surface area contributed by atoms with Crippen LogP contribution >= 0.6 is 0 Å². The molecule has 2 spiro atoms. The Morgan fingerprint density at radius 1 is 0.868 bits per heavy atom. The van der Waals surface area contributed by atoms with Gasteiger partial charge in [0.05, 0.1) is 12.7 Å². The molecule has 7 heteroatoms. The van der Waals surface area contributed by atoms with Gasteiger partial charge in [-0.2, -0.15) is 0 Å². The SMILES string of the molecule is C[C@@H]1CCOC2C(=O)C3(C)C4CC[C@H]5C(C)(C)[C@@H](O[C@@H]6OCC(O)[C@H](O)[C@H]6O)CC[C@@]56CC46CC[C@]3(C)[C@H]21. The van der Waals surface area contributed by atoms with Crippen LogP contribution in [0.15, 0.2) is 0 Å². The van der Waals surface area contributed by atoms with Crippen LogP contribution in [-0.4, -0.2) is 71.1 Å². The number of aliphatic hydroxyl groups is 3. The third kappa shape index (κ3) is 2.90. The van der Waals surface area contributed by atoms with Crippen molar-refractivity contribution < 1.29 is 34.3 Å². The second-order valence-corrected chi connectivity index (χ2v) is 15.5. The van der Waals surface area contributed by atoms with Gasteiger partial charge in [-0.15, -0.1) is 0 Å². The predicted molar refractivity (Wildman–Crippen MR) is 139 cm³/mol. The van der Waals surface area contributed by atoms with Gasteiger partial charge in [-0.1, -0.05) is 34.6 Å². The summed E-state index contributed by atoms with van der Waals surface area (Å²) in [5.41, 5.74) is 0.0641. The average molecular weight is 533 g/mol. The maximum atomic E-state index is 14.3. The molecule has 0 aromatic carbocycles. The number of carbonyl (C=O) groups excluding carboxylic acids is 1. The lowest BCUT2D eigenvalue weighted by Gasteiger charge is -2.62. The van der Waals surface area contributed by atoms with Gasteiger partial charge in [-0.05, 0) is 90.8 Å². The van der Waals surface area contributed by atoms with Gasteiger partial charge < -0.3 is 29.5 Å². The highest BCUT2D eigenvalue weighted by molar-refractivity contribution is 5.93. The van der Waals surface area contributed by atoms with Crippen LogP contribution in [0, 0.1) is 50.7 Å². The van der Waals surface area contributed by atoms with Gasteiger partial charge in [0.25, 0.3) is 0 Å². The average Bonchev–Trinajstić information content (AvgIpc) is 3.50. The molecule has 0 aromatic rings. The van der Waals surface area contributed by atoms with Crippen molar-refractivity contribution in [3.63, 3.8) is 0 Å². The van der Waals surface area contributed by atoms with Crippen LogP contribution in [0.2, 0.25) is 0 Å². The molecular weight excluding hydrogens is 484 g/mol. The van der Waals surface area contributed by atoms with Gasteiger partial charge in [-0.25, -0.2) is 0 Å². The summed E-state index contributed by atoms with van der Waals surface area (Å²) in [7, 11) is 0. The molecule has 0 bridgehead atoms. The monoisotopic (exact) mass is 532 g/mol. The van der Waals surface area contributed by atoms with Crippen molar-refractivity contribution in [3.05, 3.63) is 0 Å². The molecule has 5 unspecified atom stereocenters. The highest BCUT2D eigenvalue weighted by atomic mass is 16.7. The van der Waals surface area contributed by atoms with Crippen LogP contribution in [0.1, 0.15) is 86.0 Å². The zero-order chi connectivity index (χ0) is 27.0. The molecule has 7 fully saturated rings. The van der Waals surface area contributed by atoms with E-state index in [1.54, 1.807) is 0 Å². The Morgan fingerprint density at radius 3 is 2.34 bits per heavy atom. The number of carbonyl (C=O) groups is 1. The first kappa shape index (κ1) is 26.3. The normalized spacial score (nSPS) is 60.7. The number of hydrogen-bond donors (Lipinski definition) is 3. The molecule has 2 saturated heterocycles. The molecule has 7 nitrogen and oxygen atoms in total. The van der Waals surface area contributed by atoms with Crippen molar-refractivity contribution in [2.45, 2.75) is 123 Å². The first-order chi connectivity index (χ1) is 17.8. The third-order valence-corrected chi connectivity index (χ3v) is 14.2. The van der Waals surface area contributed by atoms with E-state index in [0.29, 0.717) is 36.1 Å². The predicted octanol–water partition coefficient (Wildman–Crippen LogP) is 3.46. The number of hydrogen-bond acceptors (Lipinski definition) is 7. The van der Waals surface area contributed by atoms with Crippen LogP contribution < -0.4 is 0 Å². The first-order valence-electron chi connectivity index (χ1n) is 15.3. The number of Topliss-reactive ketones (excluding diaryl/α,β-unsaturated/α-hetero) is 1. The summed E-state index contributed by atoms with van der Waals surface area (Å²) in [6.07, 6.45) is 3.94. The van der Waals surface area contributed by atoms with E-state index in [1.165, 1.54) is 12.8 Å². The van der Waals surface area contributed by atoms with E-state index in [4.69, 9.17) is 14.2 Å². The number of ether oxygens (including phenoxy) is 3. The Bertz CT molecular complexity index is 1010. The van der Waals surface area contributed by atoms with Gasteiger partial charge in [0.2, 0.25) is 0 Å². The lowest BCUT2D eigenvalue weighted by atomic mass is 9.41. The van der Waals surface area contributed by atoms with Crippen LogP contribution in [-0.2, 0) is 19.0 Å². The van der Waals surface area contributed by atoms with Crippen molar-refractivity contribution >= 4 is 5.78 Å². The summed E-state index contributed by atoms with van der Waals surface area (Å²) in [6, 6.07) is 0. The summed E-state index contributed by atoms with van der Waals surface area (Å²) < 4.78 is 18.3. The second kappa shape index (κ2) is 8.04. The molecule has 3 N–H and O–H groups in total. The number of fused-ring (bicyclic) bond motifs is 4. The Morgan fingerprint density at radius 2 is 1.58 bits per heavy atom. The highest BCUT2D eigenvalue weighted by Crippen LogP contribution is 2.89. The number of rotatable bonds is 2. The van der Waals surface area contributed by atoms with E-state index < -0.39 is 24.6 Å². The summed E-state index contributed by atoms with van der Waals surface area (Å²) in [5, 5.41) is 30.6. The van der Waals surface area contributed by atoms with Gasteiger partial charge in [0.15, 0.2) is 12.1 Å². The Kier molecular flexibility index (Phi) is 5.57. The van der Waals surface area contributed by atoms with Crippen LogP contribution in [0.3, 0.4) is 0 Å². The van der Waals surface area contributed by atoms with Crippen LogP contribution in [0.4, 0.5) is 0 Å². The Balaban J connectivity index is 1.17. The summed E-state index contributed by atoms with van der Waals surface area (Å²) in [4.78, 5) is 14.3. The van der Waals surface area contributed by atoms with E-state index in [2.05, 4.69) is 34.6 Å². The highest BCUT2D eigenvalue weighted by Gasteiger charge is 2.84. The smallest absolute Gasteiger partial charge is 0.186 e. The molecule has 5 aliphatic carbocycles. The van der Waals surface area contributed by atoms with Gasteiger partial charge in [0.1, 0.15) is 24.4 Å². The van der Waals surface area contributed by atoms with Crippen molar-refractivity contribution in [1.82, 2.24) is 0 Å². The minimum absolute atomic E-state index is 0.0107. The number of ketones is 1. The molecule has 214 valence electrons. The lowest BCUT2D eigenvalue weighted by molar-refractivity contribution is -0.302. The standard InChI is InChI=1S/C31H48O7/c1-16-9-13-36-24-21(16)28(4)11-12-31-15-30(31)10-8-20(38-26-23(34)22(33)17(32)14-37-26)27(2,3)18(30)6-7-19(31)29(28,5)25(24)35/h16-24,26,32-34H,6-15H2,1-5H3/t16-,17?,18+,19?,20+,21+,22+,23-,24?,26+,28-,29?,30-,31?/m1/s1. The minimum atomic E-state index is -1.26. The van der Waals surface area contributed by atoms with Gasteiger partial charge in [0, 0.05) is 17.9 Å². The molecule has 14 atom stereocenters. The molecule has 0 aromatic heterocycles. The van der Waals surface area contributed by atoms with Crippen LogP contribution in [0.25, 0.3) is 0 Å². The largest absolute Gasteiger partial charge is 0.388 e. The molecule has 7 rings (SSSR count). The summed E-state index contributed by atoms with van der Waals surface area (Å²) in [6.45, 7) is 12.4. The van der Waals surface area contributed by atoms with Gasteiger partial charge in [-0.3, -0.25) is 4.79 Å². The van der Waals surface area contributed by atoms with Crippen molar-refractivity contribution in [1.29, 1.82) is 0 Å². The fourth-order valence-corrected chi connectivity index (χ4v) is 12.1. The van der Waals surface area contributed by atoms with Gasteiger partial charge >= 0.3 is 0 Å². The Labute approximate surface area is 227 Å². The van der Waals surface area contributed by atoms with E-state index in [0.717, 1.165) is 38.5 Å². The third-order valence-electron chi connectivity index (χ3n) is 14.2. The zero-order valence-corrected chi connectivity index (χ0v) is 23.8. The second-order valence-electron chi connectivity index (χ2n) is 15.5. The lowest BCUT2D eigenvalue weighted by Crippen LogP contribution is -2.60. The number of aliphatic hydroxyl groups excluding tert-OH is 3. The fraction of sp³-hybridized carbons (Fsp3) is 0.968. The molecule has 0 radical (unpaired) electrons. The quantitative estimate of drug-likeness (QED) is 0.468. The Hall–Kier alpha value is -0.570. The van der Waals surface area contributed by atoms with Crippen LogP contribution in [0.5, 0.6) is 0 Å². The molecule has 2 aliphatic heterocycles. The molecule has 38 heavy (non-hydrogen) atoms. The maximum absolute atomic E-state index is 14.3. The van der Waals surface area contributed by atoms with E-state index >= 15 is 0 Å². The molecule has 2 heterocycles.